The maximum atomic E-state index is 12.9. The number of carbonyl (C=O) groups is 9. The van der Waals surface area contributed by atoms with Crippen molar-refractivity contribution in [1.29, 1.82) is 0 Å². The lowest BCUT2D eigenvalue weighted by Crippen LogP contribution is -2.31. The average molecular weight is 654 g/mol. The van der Waals surface area contributed by atoms with Crippen LogP contribution >= 0.6 is 0 Å². The van der Waals surface area contributed by atoms with E-state index in [-0.39, 0.29) is 0 Å². The van der Waals surface area contributed by atoms with Crippen molar-refractivity contribution in [2.75, 3.05) is 6.61 Å². The van der Waals surface area contributed by atoms with Gasteiger partial charge in [0, 0.05) is 0 Å². The molecule has 242 valence electrons. The van der Waals surface area contributed by atoms with E-state index in [1.165, 1.54) is 0 Å². The van der Waals surface area contributed by atoms with Gasteiger partial charge in [0.1, 0.15) is 0 Å². The fraction of sp³-hybridized carbons (Fsp3) is 0.0690. The van der Waals surface area contributed by atoms with Crippen LogP contribution in [-0.4, -0.2) is 97.3 Å². The molecular formula is C29H18O18. The molecule has 0 spiro atoms. The molecule has 0 saturated heterocycles. The molecule has 0 radical (unpaired) electrons. The van der Waals surface area contributed by atoms with Crippen LogP contribution in [0.25, 0.3) is 0 Å². The molecule has 47 heavy (non-hydrogen) atoms. The zero-order valence-electron chi connectivity index (χ0n) is 23.1. The highest BCUT2D eigenvalue weighted by atomic mass is 16.7. The van der Waals surface area contributed by atoms with Crippen LogP contribution in [0.1, 0.15) is 93.2 Å². The first-order valence-corrected chi connectivity index (χ1v) is 12.4. The van der Waals surface area contributed by atoms with Crippen LogP contribution in [0.3, 0.4) is 0 Å². The summed E-state index contributed by atoms with van der Waals surface area (Å²) in [6.45, 7) is -1.14. The first-order chi connectivity index (χ1) is 22.0. The molecule has 0 aromatic heterocycles. The van der Waals surface area contributed by atoms with Gasteiger partial charge >= 0.3 is 53.7 Å². The molecule has 0 amide bonds. The fourth-order valence-corrected chi connectivity index (χ4v) is 3.80. The van der Waals surface area contributed by atoms with E-state index in [2.05, 4.69) is 0 Å². The molecule has 0 atom stereocenters. The number of carboxylic acid groups (broad SMARTS) is 6. The molecule has 0 aliphatic heterocycles. The monoisotopic (exact) mass is 654 g/mol. The van der Waals surface area contributed by atoms with Crippen LogP contribution < -0.4 is 0 Å². The van der Waals surface area contributed by atoms with Crippen molar-refractivity contribution in [2.45, 2.75) is 6.29 Å². The molecule has 18 heteroatoms. The molecule has 0 bridgehead atoms. The Morgan fingerprint density at radius 3 is 0.979 bits per heavy atom. The van der Waals surface area contributed by atoms with Crippen LogP contribution in [0.15, 0.2) is 54.6 Å². The Hall–Kier alpha value is -7.11. The largest absolute Gasteiger partial charge is 0.478 e. The van der Waals surface area contributed by atoms with Crippen LogP contribution in [0, 0.1) is 0 Å². The summed E-state index contributed by atoms with van der Waals surface area (Å²) in [5.74, 6) is -14.3. The third-order valence-electron chi connectivity index (χ3n) is 5.98. The van der Waals surface area contributed by atoms with E-state index in [1.54, 1.807) is 0 Å². The first kappa shape index (κ1) is 34.4. The highest BCUT2D eigenvalue weighted by Gasteiger charge is 2.27. The minimum Gasteiger partial charge on any atom is -0.478 e. The van der Waals surface area contributed by atoms with Gasteiger partial charge in [-0.2, -0.15) is 0 Å². The van der Waals surface area contributed by atoms with E-state index in [1.807, 2.05) is 0 Å². The van der Waals surface area contributed by atoms with Crippen molar-refractivity contribution in [3.05, 3.63) is 105 Å². The molecule has 3 aromatic rings. The zero-order chi connectivity index (χ0) is 35.2. The number of ether oxygens (including phenoxy) is 3. The Bertz CT molecular complexity index is 1780. The summed E-state index contributed by atoms with van der Waals surface area (Å²) < 4.78 is 15.0. The van der Waals surface area contributed by atoms with Gasteiger partial charge in [0.05, 0.1) is 50.1 Å². The maximum absolute atomic E-state index is 12.9. The lowest BCUT2D eigenvalue weighted by molar-refractivity contribution is -0.105. The van der Waals surface area contributed by atoms with Gasteiger partial charge < -0.3 is 44.8 Å². The number of aromatic carboxylic acids is 6. The first-order valence-electron chi connectivity index (χ1n) is 12.4. The smallest absolute Gasteiger partial charge is 0.341 e. The number of carbonyl (C=O) groups excluding carboxylic acids is 3. The second kappa shape index (κ2) is 14.1. The Labute approximate surface area is 259 Å². The lowest BCUT2D eigenvalue weighted by Gasteiger charge is -2.19. The topological polar surface area (TPSA) is 303 Å². The second-order valence-corrected chi connectivity index (χ2v) is 8.95. The van der Waals surface area contributed by atoms with Crippen LogP contribution in [-0.2, 0) is 14.2 Å². The summed E-state index contributed by atoms with van der Waals surface area (Å²) >= 11 is 0. The number of esters is 3. The Morgan fingerprint density at radius 1 is 0.426 bits per heavy atom. The molecule has 0 saturated carbocycles. The van der Waals surface area contributed by atoms with Crippen molar-refractivity contribution in [1.82, 2.24) is 0 Å². The molecule has 3 rings (SSSR count). The van der Waals surface area contributed by atoms with Crippen molar-refractivity contribution < 1.29 is 88.0 Å². The van der Waals surface area contributed by atoms with E-state index >= 15 is 0 Å². The molecule has 0 unspecified atom stereocenters. The van der Waals surface area contributed by atoms with Gasteiger partial charge in [-0.15, -0.1) is 0 Å². The maximum Gasteiger partial charge on any atom is 0.341 e. The summed E-state index contributed by atoms with van der Waals surface area (Å²) in [5, 5.41) is 55.5. The molecular weight excluding hydrogens is 636 g/mol. The van der Waals surface area contributed by atoms with E-state index in [0.29, 0.717) is 18.2 Å². The normalized spacial score (nSPS) is 10.4. The minimum atomic E-state index is -2.20. The number of hydrogen-bond acceptors (Lipinski definition) is 12. The summed E-state index contributed by atoms with van der Waals surface area (Å²) in [6.07, 6.45) is -2.20. The van der Waals surface area contributed by atoms with Gasteiger partial charge in [-0.05, 0) is 54.6 Å². The number of benzene rings is 3. The number of carboxylic acids is 6. The van der Waals surface area contributed by atoms with Crippen molar-refractivity contribution >= 4 is 53.7 Å². The molecule has 0 aliphatic rings. The standard InChI is InChI=1S/C29H18O18/c30-21(31)14-4-1-11(7-17(14)24(36)37)27(42)45-10-20(46-28(43)12-2-5-15(22(32)33)18(8-12)25(38)39)47-29(44)13-3-6-16(23(34)35)19(9-13)26(40)41/h1-9,20H,10H2,(H,30,31)(H,32,33)(H,34,35)(H,36,37)(H,38,39)(H,40,41). The molecule has 0 heterocycles. The van der Waals surface area contributed by atoms with Gasteiger partial charge in [-0.3, -0.25) is 0 Å². The quantitative estimate of drug-likeness (QED) is 0.113. The highest BCUT2D eigenvalue weighted by Crippen LogP contribution is 2.19. The average Bonchev–Trinajstić information content (AvgIpc) is 3.02. The molecule has 18 nitrogen and oxygen atoms in total. The van der Waals surface area contributed by atoms with E-state index < -0.39 is 117 Å². The SMILES string of the molecule is O=C(OCC(OC(=O)c1ccc(C(=O)O)c(C(=O)O)c1)OC(=O)c1ccc(C(=O)O)c(C(=O)O)c1)c1ccc(C(=O)O)c(C(=O)O)c1. The molecule has 6 N–H and O–H groups in total. The Morgan fingerprint density at radius 2 is 0.702 bits per heavy atom. The summed E-state index contributed by atoms with van der Waals surface area (Å²) in [7, 11) is 0. The summed E-state index contributed by atoms with van der Waals surface area (Å²) in [4.78, 5) is 107. The van der Waals surface area contributed by atoms with Crippen molar-refractivity contribution in [2.24, 2.45) is 0 Å². The predicted molar refractivity (Wildman–Crippen MR) is 146 cm³/mol. The number of rotatable bonds is 13. The van der Waals surface area contributed by atoms with Gasteiger partial charge in [0.15, 0.2) is 6.61 Å². The van der Waals surface area contributed by atoms with Crippen LogP contribution in [0.2, 0.25) is 0 Å². The zero-order valence-corrected chi connectivity index (χ0v) is 23.1. The third kappa shape index (κ3) is 8.09. The van der Waals surface area contributed by atoms with E-state index in [0.717, 1.165) is 36.4 Å². The number of hydrogen-bond donors (Lipinski definition) is 6. The second-order valence-electron chi connectivity index (χ2n) is 8.95. The summed E-state index contributed by atoms with van der Waals surface area (Å²) in [5.41, 5.74) is -6.16. The van der Waals surface area contributed by atoms with E-state index in [9.17, 15) is 68.7 Å². The third-order valence-corrected chi connectivity index (χ3v) is 5.98. The molecule has 0 aliphatic carbocycles. The Kier molecular flexibility index (Phi) is 10.3. The highest BCUT2D eigenvalue weighted by molar-refractivity contribution is 6.06. The minimum absolute atomic E-state index is 0.505. The van der Waals surface area contributed by atoms with Gasteiger partial charge in [-0.1, -0.05) is 0 Å². The van der Waals surface area contributed by atoms with Gasteiger partial charge in [0.25, 0.3) is 6.29 Å². The lowest BCUT2D eigenvalue weighted by atomic mass is 10.0. The van der Waals surface area contributed by atoms with Crippen molar-refractivity contribution in [3.8, 4) is 0 Å². The van der Waals surface area contributed by atoms with Crippen LogP contribution in [0.4, 0.5) is 0 Å². The fourth-order valence-electron chi connectivity index (χ4n) is 3.80. The molecule has 0 fully saturated rings. The molecule has 3 aromatic carbocycles. The summed E-state index contributed by atoms with van der Waals surface area (Å²) in [6, 6.07) is 6.83. The van der Waals surface area contributed by atoms with Crippen molar-refractivity contribution in [3.63, 3.8) is 0 Å². The predicted octanol–water partition coefficient (Wildman–Crippen LogP) is 2.07. The van der Waals surface area contributed by atoms with Gasteiger partial charge in [0.2, 0.25) is 0 Å². The Balaban J connectivity index is 1.94. The van der Waals surface area contributed by atoms with E-state index in [4.69, 9.17) is 19.3 Å². The van der Waals surface area contributed by atoms with Crippen LogP contribution in [0.5, 0.6) is 0 Å². The van der Waals surface area contributed by atoms with Gasteiger partial charge in [-0.25, -0.2) is 43.2 Å².